The molecule has 0 aliphatic heterocycles. The Labute approximate surface area is 115 Å². The zero-order valence-electron chi connectivity index (χ0n) is 11.4. The van der Waals surface area contributed by atoms with Crippen LogP contribution in [0.25, 0.3) is 11.3 Å². The van der Waals surface area contributed by atoms with E-state index in [2.05, 4.69) is 5.16 Å². The van der Waals surface area contributed by atoms with E-state index in [1.165, 1.54) is 25.3 Å². The van der Waals surface area contributed by atoms with Crippen LogP contribution in [-0.2, 0) is 4.74 Å². The highest BCUT2D eigenvalue weighted by Gasteiger charge is 2.25. The lowest BCUT2D eigenvalue weighted by molar-refractivity contribution is 0.0525. The highest BCUT2D eigenvalue weighted by atomic mass is 19.1. The molecule has 6 heteroatoms. The van der Waals surface area contributed by atoms with Gasteiger partial charge >= 0.3 is 5.97 Å². The number of esters is 1. The molecule has 0 aliphatic rings. The molecule has 0 fully saturated rings. The van der Waals surface area contributed by atoms with Crippen molar-refractivity contribution in [2.24, 2.45) is 0 Å². The van der Waals surface area contributed by atoms with Crippen LogP contribution in [0.2, 0.25) is 0 Å². The van der Waals surface area contributed by atoms with Gasteiger partial charge < -0.3 is 14.0 Å². The van der Waals surface area contributed by atoms with Crippen molar-refractivity contribution >= 4 is 5.97 Å². The summed E-state index contributed by atoms with van der Waals surface area (Å²) in [6, 6.07) is 3.96. The Morgan fingerprint density at radius 3 is 2.85 bits per heavy atom. The monoisotopic (exact) mass is 279 g/mol. The molecule has 0 radical (unpaired) electrons. The minimum atomic E-state index is -0.562. The number of nitrogens with zero attached hydrogens (tertiary/aromatic N) is 1. The SMILES string of the molecule is CCOC(=O)c1c(-c2cc(F)ccc2OC)noc1C. The van der Waals surface area contributed by atoms with E-state index in [4.69, 9.17) is 14.0 Å². The third-order valence-electron chi connectivity index (χ3n) is 2.76. The fourth-order valence-corrected chi connectivity index (χ4v) is 1.86. The van der Waals surface area contributed by atoms with Crippen LogP contribution in [-0.4, -0.2) is 24.8 Å². The number of methoxy groups -OCH3 is 1. The van der Waals surface area contributed by atoms with Gasteiger partial charge in [0.1, 0.15) is 28.6 Å². The molecule has 1 heterocycles. The normalized spacial score (nSPS) is 10.4. The summed E-state index contributed by atoms with van der Waals surface area (Å²) in [6.45, 7) is 3.51. The fourth-order valence-electron chi connectivity index (χ4n) is 1.86. The molecule has 0 atom stereocenters. The predicted molar refractivity (Wildman–Crippen MR) is 69.1 cm³/mol. The molecule has 0 aliphatic carbocycles. The van der Waals surface area contributed by atoms with Crippen LogP contribution in [0.3, 0.4) is 0 Å². The van der Waals surface area contributed by atoms with Crippen molar-refractivity contribution < 1.29 is 23.2 Å². The third kappa shape index (κ3) is 2.49. The van der Waals surface area contributed by atoms with Crippen LogP contribution in [0.15, 0.2) is 22.7 Å². The van der Waals surface area contributed by atoms with Crippen LogP contribution in [0, 0.1) is 12.7 Å². The number of carbonyl (C=O) groups excluding carboxylic acids is 1. The Kier molecular flexibility index (Phi) is 4.02. The van der Waals surface area contributed by atoms with Gasteiger partial charge in [-0.3, -0.25) is 0 Å². The van der Waals surface area contributed by atoms with Crippen molar-refractivity contribution in [2.75, 3.05) is 13.7 Å². The van der Waals surface area contributed by atoms with E-state index in [0.717, 1.165) is 0 Å². The summed E-state index contributed by atoms with van der Waals surface area (Å²) in [7, 11) is 1.45. The van der Waals surface area contributed by atoms with Gasteiger partial charge in [0.25, 0.3) is 0 Å². The molecule has 0 N–H and O–H groups in total. The van der Waals surface area contributed by atoms with Crippen LogP contribution in [0.5, 0.6) is 5.75 Å². The van der Waals surface area contributed by atoms with Gasteiger partial charge in [-0.05, 0) is 32.0 Å². The molecular weight excluding hydrogens is 265 g/mol. The van der Waals surface area contributed by atoms with E-state index in [0.29, 0.717) is 17.1 Å². The molecule has 0 saturated heterocycles. The fraction of sp³-hybridized carbons (Fsp3) is 0.286. The van der Waals surface area contributed by atoms with Crippen LogP contribution < -0.4 is 4.74 Å². The molecule has 20 heavy (non-hydrogen) atoms. The summed E-state index contributed by atoms with van der Waals surface area (Å²) in [5.74, 6) is -0.321. The van der Waals surface area contributed by atoms with Gasteiger partial charge in [0, 0.05) is 5.56 Å². The molecule has 106 valence electrons. The first-order chi connectivity index (χ1) is 9.58. The highest BCUT2D eigenvalue weighted by Crippen LogP contribution is 2.33. The van der Waals surface area contributed by atoms with Crippen LogP contribution >= 0.6 is 0 Å². The van der Waals surface area contributed by atoms with Crippen molar-refractivity contribution in [3.63, 3.8) is 0 Å². The molecule has 0 bridgehead atoms. The van der Waals surface area contributed by atoms with E-state index in [9.17, 15) is 9.18 Å². The van der Waals surface area contributed by atoms with Gasteiger partial charge in [-0.2, -0.15) is 0 Å². The Morgan fingerprint density at radius 2 is 2.20 bits per heavy atom. The minimum absolute atomic E-state index is 0.177. The molecule has 0 saturated carbocycles. The van der Waals surface area contributed by atoms with E-state index in [1.54, 1.807) is 13.8 Å². The van der Waals surface area contributed by atoms with Crippen molar-refractivity contribution in [1.29, 1.82) is 0 Å². The Morgan fingerprint density at radius 1 is 1.45 bits per heavy atom. The molecule has 0 amide bonds. The van der Waals surface area contributed by atoms with E-state index < -0.39 is 11.8 Å². The average molecular weight is 279 g/mol. The Balaban J connectivity index is 2.59. The maximum absolute atomic E-state index is 13.4. The first-order valence-corrected chi connectivity index (χ1v) is 6.05. The third-order valence-corrected chi connectivity index (χ3v) is 2.76. The number of rotatable bonds is 4. The molecule has 0 unspecified atom stereocenters. The van der Waals surface area contributed by atoms with Crippen molar-refractivity contribution in [1.82, 2.24) is 5.16 Å². The van der Waals surface area contributed by atoms with Crippen molar-refractivity contribution in [2.45, 2.75) is 13.8 Å². The van der Waals surface area contributed by atoms with E-state index in [-0.39, 0.29) is 17.9 Å². The lowest BCUT2D eigenvalue weighted by Gasteiger charge is -2.07. The summed E-state index contributed by atoms with van der Waals surface area (Å²) in [5, 5.41) is 3.82. The number of ether oxygens (including phenoxy) is 2. The summed E-state index contributed by atoms with van der Waals surface area (Å²) in [5.41, 5.74) is 0.723. The zero-order chi connectivity index (χ0) is 14.7. The second-order valence-electron chi connectivity index (χ2n) is 4.03. The number of halogens is 1. The average Bonchev–Trinajstić information content (AvgIpc) is 2.80. The number of benzene rings is 1. The van der Waals surface area contributed by atoms with Gasteiger partial charge in [-0.1, -0.05) is 5.16 Å². The lowest BCUT2D eigenvalue weighted by Crippen LogP contribution is -2.07. The maximum atomic E-state index is 13.4. The largest absolute Gasteiger partial charge is 0.496 e. The molecule has 1 aromatic heterocycles. The standard InChI is InChI=1S/C14H14FNO4/c1-4-19-14(17)12-8(2)20-16-13(12)10-7-9(15)5-6-11(10)18-3/h5-7H,4H2,1-3H3. The molecule has 1 aromatic carbocycles. The molecule has 2 aromatic rings. The second kappa shape index (κ2) is 5.73. The van der Waals surface area contributed by atoms with Crippen LogP contribution in [0.4, 0.5) is 4.39 Å². The van der Waals surface area contributed by atoms with Gasteiger partial charge in [0.15, 0.2) is 0 Å². The summed E-state index contributed by atoms with van der Waals surface area (Å²) in [6.07, 6.45) is 0. The Bertz CT molecular complexity index is 636. The first kappa shape index (κ1) is 14.0. The number of carbonyl (C=O) groups is 1. The summed E-state index contributed by atoms with van der Waals surface area (Å²) < 4.78 is 28.6. The van der Waals surface area contributed by atoms with Gasteiger partial charge in [-0.15, -0.1) is 0 Å². The zero-order valence-corrected chi connectivity index (χ0v) is 11.4. The highest BCUT2D eigenvalue weighted by molar-refractivity contribution is 5.97. The molecule has 2 rings (SSSR count). The maximum Gasteiger partial charge on any atom is 0.344 e. The smallest absolute Gasteiger partial charge is 0.344 e. The number of aryl methyl sites for hydroxylation is 1. The van der Waals surface area contributed by atoms with E-state index in [1.807, 2.05) is 0 Å². The number of hydrogen-bond donors (Lipinski definition) is 0. The van der Waals surface area contributed by atoms with Crippen LogP contribution in [0.1, 0.15) is 23.0 Å². The second-order valence-corrected chi connectivity index (χ2v) is 4.03. The Hall–Kier alpha value is -2.37. The summed E-state index contributed by atoms with van der Waals surface area (Å²) in [4.78, 5) is 11.9. The molecular formula is C14H14FNO4. The molecule has 0 spiro atoms. The predicted octanol–water partition coefficient (Wildman–Crippen LogP) is 2.97. The first-order valence-electron chi connectivity index (χ1n) is 6.05. The lowest BCUT2D eigenvalue weighted by atomic mass is 10.1. The van der Waals surface area contributed by atoms with Gasteiger partial charge in [-0.25, -0.2) is 9.18 Å². The number of aromatic nitrogens is 1. The van der Waals surface area contributed by atoms with Crippen molar-refractivity contribution in [3.8, 4) is 17.0 Å². The van der Waals surface area contributed by atoms with E-state index >= 15 is 0 Å². The number of hydrogen-bond acceptors (Lipinski definition) is 5. The van der Waals surface area contributed by atoms with Gasteiger partial charge in [0.05, 0.1) is 13.7 Å². The van der Waals surface area contributed by atoms with Gasteiger partial charge in [0.2, 0.25) is 0 Å². The quantitative estimate of drug-likeness (QED) is 0.805. The molecule has 5 nitrogen and oxygen atoms in total. The minimum Gasteiger partial charge on any atom is -0.496 e. The topological polar surface area (TPSA) is 61.6 Å². The van der Waals surface area contributed by atoms with Crippen molar-refractivity contribution in [3.05, 3.63) is 35.3 Å². The summed E-state index contributed by atoms with van der Waals surface area (Å²) >= 11 is 0.